The van der Waals surface area contributed by atoms with Crippen LogP contribution in [0.3, 0.4) is 0 Å². The first kappa shape index (κ1) is 5.15. The molecular formula is C8H9NO. The average molecular weight is 135 g/mol. The summed E-state index contributed by atoms with van der Waals surface area (Å²) in [4.78, 5) is 0. The molecule has 2 bridgehead atoms. The molecule has 0 aromatic heterocycles. The van der Waals surface area contributed by atoms with Crippen LogP contribution in [0.2, 0.25) is 0 Å². The highest BCUT2D eigenvalue weighted by molar-refractivity contribution is 5.14. The lowest BCUT2D eigenvalue weighted by Gasteiger charge is -2.09. The summed E-state index contributed by atoms with van der Waals surface area (Å²) >= 11 is 0. The molecule has 2 nitrogen and oxygen atoms in total. The van der Waals surface area contributed by atoms with Gasteiger partial charge in [-0.25, -0.2) is 0 Å². The minimum absolute atomic E-state index is 0.328. The topological polar surface area (TPSA) is 36.3 Å². The first-order chi connectivity index (χ1) is 4.90. The van der Waals surface area contributed by atoms with Gasteiger partial charge in [0, 0.05) is 5.92 Å². The number of ether oxygens (including phenoxy) is 1. The van der Waals surface area contributed by atoms with E-state index in [2.05, 4.69) is 6.07 Å². The summed E-state index contributed by atoms with van der Waals surface area (Å²) in [5.41, 5.74) is 0. The van der Waals surface area contributed by atoms with Crippen molar-refractivity contribution in [1.82, 2.24) is 0 Å². The second-order valence-corrected chi connectivity index (χ2v) is 3.70. The fourth-order valence-electron chi connectivity index (χ4n) is 2.75. The van der Waals surface area contributed by atoms with Gasteiger partial charge in [-0.15, -0.1) is 0 Å². The summed E-state index contributed by atoms with van der Waals surface area (Å²) in [6.45, 7) is 0. The van der Waals surface area contributed by atoms with Crippen molar-refractivity contribution in [3.8, 4) is 6.07 Å². The molecule has 1 saturated heterocycles. The van der Waals surface area contributed by atoms with E-state index in [1.807, 2.05) is 0 Å². The Morgan fingerprint density at radius 1 is 1.30 bits per heavy atom. The highest BCUT2D eigenvalue weighted by Crippen LogP contribution is 2.58. The average Bonchev–Trinajstić information content (AvgIpc) is 2.58. The molecule has 1 aliphatic heterocycles. The monoisotopic (exact) mass is 135 g/mol. The molecule has 2 heteroatoms. The molecule has 2 saturated carbocycles. The third-order valence-electron chi connectivity index (χ3n) is 3.26. The van der Waals surface area contributed by atoms with Gasteiger partial charge in [-0.05, 0) is 18.8 Å². The van der Waals surface area contributed by atoms with Crippen molar-refractivity contribution in [2.45, 2.75) is 25.0 Å². The largest absolute Gasteiger partial charge is 0.369 e. The molecule has 1 heterocycles. The lowest BCUT2D eigenvalue weighted by atomic mass is 9.90. The molecular weight excluding hydrogens is 126 g/mol. The van der Waals surface area contributed by atoms with Crippen LogP contribution in [0, 0.1) is 29.1 Å². The van der Waals surface area contributed by atoms with Gasteiger partial charge in [0.15, 0.2) is 0 Å². The van der Waals surface area contributed by atoms with Crippen LogP contribution >= 0.6 is 0 Å². The molecule has 4 unspecified atom stereocenters. The van der Waals surface area contributed by atoms with Crippen LogP contribution in [0.25, 0.3) is 0 Å². The number of fused-ring (bicyclic) bond motifs is 5. The Kier molecular flexibility index (Phi) is 0.709. The van der Waals surface area contributed by atoms with Crippen LogP contribution < -0.4 is 0 Å². The van der Waals surface area contributed by atoms with E-state index < -0.39 is 0 Å². The Morgan fingerprint density at radius 2 is 2.20 bits per heavy atom. The Labute approximate surface area is 59.8 Å². The van der Waals surface area contributed by atoms with E-state index in [-0.39, 0.29) is 0 Å². The van der Waals surface area contributed by atoms with Gasteiger partial charge in [0.2, 0.25) is 0 Å². The Hall–Kier alpha value is -0.550. The molecule has 0 amide bonds. The number of epoxide rings is 1. The highest BCUT2D eigenvalue weighted by atomic mass is 16.6. The number of nitriles is 1. The molecule has 0 aromatic carbocycles. The maximum atomic E-state index is 8.72. The molecule has 0 N–H and O–H groups in total. The van der Waals surface area contributed by atoms with Crippen LogP contribution in [-0.4, -0.2) is 12.2 Å². The Bertz CT molecular complexity index is 220. The normalized spacial score (nSPS) is 61.7. The van der Waals surface area contributed by atoms with Gasteiger partial charge >= 0.3 is 0 Å². The van der Waals surface area contributed by atoms with Gasteiger partial charge in [-0.3, -0.25) is 0 Å². The molecule has 2 aliphatic carbocycles. The molecule has 5 atom stereocenters. The maximum absolute atomic E-state index is 8.72. The van der Waals surface area contributed by atoms with Crippen molar-refractivity contribution < 1.29 is 4.74 Å². The number of nitrogens with zero attached hydrogens (tertiary/aromatic N) is 1. The summed E-state index contributed by atoms with van der Waals surface area (Å²) in [7, 11) is 0. The zero-order chi connectivity index (χ0) is 6.72. The summed E-state index contributed by atoms with van der Waals surface area (Å²) in [6, 6.07) is 2.37. The minimum Gasteiger partial charge on any atom is -0.369 e. The van der Waals surface area contributed by atoms with E-state index >= 15 is 0 Å². The lowest BCUT2D eigenvalue weighted by Crippen LogP contribution is -2.15. The predicted octanol–water partition coefficient (Wildman–Crippen LogP) is 0.933. The van der Waals surface area contributed by atoms with Gasteiger partial charge in [0.05, 0.1) is 24.2 Å². The molecule has 0 spiro atoms. The SMILES string of the molecule is N#C[C@@H]1CC2CC1C1OC21. The fourth-order valence-corrected chi connectivity index (χ4v) is 2.75. The number of hydrogen-bond acceptors (Lipinski definition) is 2. The Morgan fingerprint density at radius 3 is 2.80 bits per heavy atom. The molecule has 0 aromatic rings. The molecule has 52 valence electrons. The summed E-state index contributed by atoms with van der Waals surface area (Å²) in [5, 5.41) is 8.72. The third-order valence-corrected chi connectivity index (χ3v) is 3.26. The lowest BCUT2D eigenvalue weighted by molar-refractivity contribution is 0.259. The van der Waals surface area contributed by atoms with Crippen molar-refractivity contribution in [2.75, 3.05) is 0 Å². The second-order valence-electron chi connectivity index (χ2n) is 3.70. The van der Waals surface area contributed by atoms with Crippen LogP contribution in [-0.2, 0) is 4.74 Å². The van der Waals surface area contributed by atoms with Crippen molar-refractivity contribution in [1.29, 1.82) is 5.26 Å². The van der Waals surface area contributed by atoms with E-state index in [0.29, 0.717) is 24.0 Å². The van der Waals surface area contributed by atoms with Gasteiger partial charge in [0.25, 0.3) is 0 Å². The van der Waals surface area contributed by atoms with Crippen molar-refractivity contribution in [2.24, 2.45) is 17.8 Å². The summed E-state index contributed by atoms with van der Waals surface area (Å²) in [6.07, 6.45) is 3.47. The summed E-state index contributed by atoms with van der Waals surface area (Å²) in [5.74, 6) is 1.69. The van der Waals surface area contributed by atoms with E-state index in [9.17, 15) is 0 Å². The maximum Gasteiger partial charge on any atom is 0.0885 e. The molecule has 0 radical (unpaired) electrons. The molecule has 3 fully saturated rings. The van der Waals surface area contributed by atoms with Gasteiger partial charge in [0.1, 0.15) is 0 Å². The standard InChI is InChI=1S/C8H9NO/c9-3-5-1-4-2-6(5)8-7(4)10-8/h4-8H,1-2H2/t4?,5-,6?,7?,8?/m0/s1. The first-order valence-corrected chi connectivity index (χ1v) is 3.95. The first-order valence-electron chi connectivity index (χ1n) is 3.95. The van der Waals surface area contributed by atoms with E-state index in [1.165, 1.54) is 6.42 Å². The van der Waals surface area contributed by atoms with Crippen LogP contribution in [0.15, 0.2) is 0 Å². The van der Waals surface area contributed by atoms with Crippen molar-refractivity contribution in [3.05, 3.63) is 0 Å². The number of hydrogen-bond donors (Lipinski definition) is 0. The van der Waals surface area contributed by atoms with Gasteiger partial charge < -0.3 is 4.74 Å². The summed E-state index contributed by atoms with van der Waals surface area (Å²) < 4.78 is 5.42. The van der Waals surface area contributed by atoms with Gasteiger partial charge in [-0.1, -0.05) is 0 Å². The predicted molar refractivity (Wildman–Crippen MR) is 34.0 cm³/mol. The van der Waals surface area contributed by atoms with Crippen molar-refractivity contribution in [3.63, 3.8) is 0 Å². The van der Waals surface area contributed by atoms with E-state index in [4.69, 9.17) is 10.00 Å². The number of rotatable bonds is 0. The van der Waals surface area contributed by atoms with E-state index in [0.717, 1.165) is 12.3 Å². The molecule has 3 aliphatic rings. The van der Waals surface area contributed by atoms with Crippen LogP contribution in [0.5, 0.6) is 0 Å². The van der Waals surface area contributed by atoms with Gasteiger partial charge in [-0.2, -0.15) is 5.26 Å². The molecule has 3 rings (SSSR count). The quantitative estimate of drug-likeness (QED) is 0.463. The highest BCUT2D eigenvalue weighted by Gasteiger charge is 2.63. The Balaban J connectivity index is 1.93. The smallest absolute Gasteiger partial charge is 0.0885 e. The molecule has 10 heavy (non-hydrogen) atoms. The van der Waals surface area contributed by atoms with Crippen molar-refractivity contribution >= 4 is 0 Å². The van der Waals surface area contributed by atoms with E-state index in [1.54, 1.807) is 0 Å². The third kappa shape index (κ3) is 0.411. The fraction of sp³-hybridized carbons (Fsp3) is 0.875. The van der Waals surface area contributed by atoms with Crippen LogP contribution in [0.1, 0.15) is 12.8 Å². The van der Waals surface area contributed by atoms with Crippen LogP contribution in [0.4, 0.5) is 0 Å². The minimum atomic E-state index is 0.328. The second kappa shape index (κ2) is 1.38. The zero-order valence-electron chi connectivity index (χ0n) is 5.66. The zero-order valence-corrected chi connectivity index (χ0v) is 5.66.